The molecule has 1 aromatic carbocycles. The van der Waals surface area contributed by atoms with Gasteiger partial charge in [0.05, 0.1) is 12.6 Å². The molecule has 0 aliphatic carbocycles. The normalized spacial score (nSPS) is 13.3. The standard InChI is InChI=1S/C19H30N2O3/c1-18(2,3)14-9-7-13(8-10-14)15(22)11-20-16(23)12-21-17(24)19(4,5)6/h7-10,15,22H,11-12H2,1-6H3,(H,20,23)(H,21,24). The van der Waals surface area contributed by atoms with E-state index in [2.05, 4.69) is 31.4 Å². The van der Waals surface area contributed by atoms with Gasteiger partial charge in [-0.1, -0.05) is 65.8 Å². The van der Waals surface area contributed by atoms with E-state index in [0.717, 1.165) is 5.56 Å². The molecule has 1 rings (SSSR count). The van der Waals surface area contributed by atoms with E-state index in [0.29, 0.717) is 0 Å². The summed E-state index contributed by atoms with van der Waals surface area (Å²) in [5, 5.41) is 15.4. The van der Waals surface area contributed by atoms with E-state index in [4.69, 9.17) is 0 Å². The lowest BCUT2D eigenvalue weighted by molar-refractivity contribution is -0.131. The van der Waals surface area contributed by atoms with Crippen LogP contribution in [-0.4, -0.2) is 30.0 Å². The molecule has 1 aromatic rings. The Morgan fingerprint density at radius 1 is 1.00 bits per heavy atom. The summed E-state index contributed by atoms with van der Waals surface area (Å²) in [6.45, 7) is 11.8. The molecule has 5 nitrogen and oxygen atoms in total. The lowest BCUT2D eigenvalue weighted by atomic mass is 9.86. The zero-order valence-electron chi connectivity index (χ0n) is 15.6. The molecule has 0 fully saturated rings. The summed E-state index contributed by atoms with van der Waals surface area (Å²) in [6, 6.07) is 7.73. The third kappa shape index (κ3) is 6.32. The van der Waals surface area contributed by atoms with E-state index in [1.807, 2.05) is 24.3 Å². The summed E-state index contributed by atoms with van der Waals surface area (Å²) < 4.78 is 0. The van der Waals surface area contributed by atoms with Crippen LogP contribution >= 0.6 is 0 Å². The SMILES string of the molecule is CC(C)(C)C(=O)NCC(=O)NCC(O)c1ccc(C(C)(C)C)cc1. The Balaban J connectivity index is 2.47. The molecule has 5 heteroatoms. The molecule has 0 spiro atoms. The largest absolute Gasteiger partial charge is 0.387 e. The number of aliphatic hydroxyl groups excluding tert-OH is 1. The van der Waals surface area contributed by atoms with Crippen LogP contribution in [-0.2, 0) is 15.0 Å². The molecule has 0 saturated carbocycles. The summed E-state index contributed by atoms with van der Waals surface area (Å²) in [4.78, 5) is 23.5. The Bertz CT molecular complexity index is 566. The smallest absolute Gasteiger partial charge is 0.239 e. The highest BCUT2D eigenvalue weighted by Crippen LogP contribution is 2.23. The van der Waals surface area contributed by atoms with Gasteiger partial charge in [-0.3, -0.25) is 9.59 Å². The van der Waals surface area contributed by atoms with Gasteiger partial charge in [0.2, 0.25) is 11.8 Å². The molecule has 0 saturated heterocycles. The van der Waals surface area contributed by atoms with Gasteiger partial charge < -0.3 is 15.7 Å². The van der Waals surface area contributed by atoms with Crippen molar-refractivity contribution in [1.82, 2.24) is 10.6 Å². The highest BCUT2D eigenvalue weighted by molar-refractivity contribution is 5.87. The molecule has 1 atom stereocenters. The second-order valence-corrected chi connectivity index (χ2v) is 8.12. The molecule has 0 aliphatic rings. The first-order valence-electron chi connectivity index (χ1n) is 8.25. The van der Waals surface area contributed by atoms with Crippen molar-refractivity contribution in [3.8, 4) is 0 Å². The number of carbonyl (C=O) groups is 2. The molecular weight excluding hydrogens is 304 g/mol. The fourth-order valence-electron chi connectivity index (χ4n) is 2.02. The summed E-state index contributed by atoms with van der Waals surface area (Å²) >= 11 is 0. The first-order valence-corrected chi connectivity index (χ1v) is 8.25. The minimum atomic E-state index is -0.777. The molecule has 3 N–H and O–H groups in total. The number of nitrogens with one attached hydrogen (secondary N) is 2. The van der Waals surface area contributed by atoms with Gasteiger partial charge in [-0.25, -0.2) is 0 Å². The van der Waals surface area contributed by atoms with Crippen molar-refractivity contribution in [3.63, 3.8) is 0 Å². The Hall–Kier alpha value is -1.88. The third-order valence-electron chi connectivity index (χ3n) is 3.74. The van der Waals surface area contributed by atoms with Crippen LogP contribution in [0.2, 0.25) is 0 Å². The van der Waals surface area contributed by atoms with Crippen LogP contribution in [0.1, 0.15) is 58.8 Å². The molecule has 134 valence electrons. The van der Waals surface area contributed by atoms with Crippen LogP contribution in [0.4, 0.5) is 0 Å². The summed E-state index contributed by atoms with van der Waals surface area (Å²) in [5.41, 5.74) is 1.46. The van der Waals surface area contributed by atoms with E-state index in [1.165, 1.54) is 5.56 Å². The highest BCUT2D eigenvalue weighted by Gasteiger charge is 2.21. The molecule has 0 aromatic heterocycles. The van der Waals surface area contributed by atoms with Crippen molar-refractivity contribution in [2.75, 3.05) is 13.1 Å². The number of benzene rings is 1. The van der Waals surface area contributed by atoms with Crippen molar-refractivity contribution < 1.29 is 14.7 Å². The van der Waals surface area contributed by atoms with Gasteiger partial charge >= 0.3 is 0 Å². The molecule has 0 heterocycles. The number of rotatable bonds is 5. The molecule has 24 heavy (non-hydrogen) atoms. The van der Waals surface area contributed by atoms with Gasteiger partial charge in [-0.05, 0) is 16.5 Å². The lowest BCUT2D eigenvalue weighted by Gasteiger charge is -2.20. The van der Waals surface area contributed by atoms with E-state index in [9.17, 15) is 14.7 Å². The molecule has 1 unspecified atom stereocenters. The summed E-state index contributed by atoms with van der Waals surface area (Å²) in [7, 11) is 0. The van der Waals surface area contributed by atoms with Gasteiger partial charge in [-0.15, -0.1) is 0 Å². The van der Waals surface area contributed by atoms with Crippen molar-refractivity contribution in [1.29, 1.82) is 0 Å². The topological polar surface area (TPSA) is 78.4 Å². The van der Waals surface area contributed by atoms with Crippen molar-refractivity contribution in [2.24, 2.45) is 5.41 Å². The van der Waals surface area contributed by atoms with E-state index < -0.39 is 11.5 Å². The van der Waals surface area contributed by atoms with Crippen molar-refractivity contribution >= 4 is 11.8 Å². The minimum absolute atomic E-state index is 0.0585. The first-order chi connectivity index (χ1) is 10.9. The monoisotopic (exact) mass is 334 g/mol. The lowest BCUT2D eigenvalue weighted by Crippen LogP contribution is -2.42. The molecule has 2 amide bonds. The zero-order valence-corrected chi connectivity index (χ0v) is 15.6. The van der Waals surface area contributed by atoms with Crippen LogP contribution in [0, 0.1) is 5.41 Å². The molecule has 0 aliphatic heterocycles. The molecule has 0 radical (unpaired) electrons. The number of hydrogen-bond acceptors (Lipinski definition) is 3. The second-order valence-electron chi connectivity index (χ2n) is 8.12. The van der Waals surface area contributed by atoms with Crippen molar-refractivity contribution in [2.45, 2.75) is 53.1 Å². The first kappa shape index (κ1) is 20.2. The van der Waals surface area contributed by atoms with E-state index >= 15 is 0 Å². The maximum absolute atomic E-state index is 11.8. The molecular formula is C19H30N2O3. The summed E-state index contributed by atoms with van der Waals surface area (Å²) in [5.74, 6) is -0.506. The highest BCUT2D eigenvalue weighted by atomic mass is 16.3. The van der Waals surface area contributed by atoms with Gasteiger partial charge in [0, 0.05) is 12.0 Å². The zero-order chi connectivity index (χ0) is 18.5. The average Bonchev–Trinajstić information content (AvgIpc) is 2.48. The Kier molecular flexibility index (Phi) is 6.55. The predicted octanol–water partition coefficient (Wildman–Crippen LogP) is 2.30. The summed E-state index contributed by atoms with van der Waals surface area (Å²) in [6.07, 6.45) is -0.777. The number of carbonyl (C=O) groups excluding carboxylic acids is 2. The van der Waals surface area contributed by atoms with Crippen molar-refractivity contribution in [3.05, 3.63) is 35.4 Å². The molecule has 0 bridgehead atoms. The van der Waals surface area contributed by atoms with Gasteiger partial charge in [0.1, 0.15) is 0 Å². The van der Waals surface area contributed by atoms with Crippen LogP contribution in [0.15, 0.2) is 24.3 Å². The number of amides is 2. The quantitative estimate of drug-likeness (QED) is 0.773. The fraction of sp³-hybridized carbons (Fsp3) is 0.579. The maximum Gasteiger partial charge on any atom is 0.239 e. The minimum Gasteiger partial charge on any atom is -0.387 e. The van der Waals surface area contributed by atoms with Crippen LogP contribution in [0.5, 0.6) is 0 Å². The maximum atomic E-state index is 11.8. The predicted molar refractivity (Wildman–Crippen MR) is 95.6 cm³/mol. The Morgan fingerprint density at radius 3 is 2.00 bits per heavy atom. The second kappa shape index (κ2) is 7.79. The van der Waals surface area contributed by atoms with E-state index in [-0.39, 0.29) is 30.3 Å². The van der Waals surface area contributed by atoms with Gasteiger partial charge in [-0.2, -0.15) is 0 Å². The van der Waals surface area contributed by atoms with Gasteiger partial charge in [0.15, 0.2) is 0 Å². The van der Waals surface area contributed by atoms with Crippen LogP contribution in [0.25, 0.3) is 0 Å². The Morgan fingerprint density at radius 2 is 1.54 bits per heavy atom. The fourth-order valence-corrected chi connectivity index (χ4v) is 2.02. The third-order valence-corrected chi connectivity index (χ3v) is 3.74. The van der Waals surface area contributed by atoms with Crippen LogP contribution < -0.4 is 10.6 Å². The van der Waals surface area contributed by atoms with Crippen LogP contribution in [0.3, 0.4) is 0 Å². The number of hydrogen-bond donors (Lipinski definition) is 3. The number of aliphatic hydroxyl groups is 1. The van der Waals surface area contributed by atoms with Gasteiger partial charge in [0.25, 0.3) is 0 Å². The van der Waals surface area contributed by atoms with E-state index in [1.54, 1.807) is 20.8 Å². The average molecular weight is 334 g/mol. The Labute approximate surface area is 144 Å².